The smallest absolute Gasteiger partial charge is 0.227 e. The van der Waals surface area contributed by atoms with Gasteiger partial charge in [-0.3, -0.25) is 4.79 Å². The predicted molar refractivity (Wildman–Crippen MR) is 106 cm³/mol. The first kappa shape index (κ1) is 18.0. The van der Waals surface area contributed by atoms with Crippen LogP contribution in [-0.2, 0) is 4.79 Å². The molecule has 1 aromatic carbocycles. The number of nitrogens with one attached hydrogen (secondary N) is 1. The van der Waals surface area contributed by atoms with Gasteiger partial charge in [-0.25, -0.2) is 0 Å². The number of likely N-dealkylation sites (tertiary alicyclic amines) is 1. The Balaban J connectivity index is 1.64. The molecule has 1 aliphatic heterocycles. The number of hydrogen-bond acceptors (Lipinski definition) is 5. The summed E-state index contributed by atoms with van der Waals surface area (Å²) in [7, 11) is 0. The number of hydrogen-bond donors (Lipinski definition) is 1. The molecule has 0 aliphatic carbocycles. The lowest BCUT2D eigenvalue weighted by Gasteiger charge is -2.36. The second kappa shape index (κ2) is 8.05. The molecule has 2 aromatic rings. The first-order valence-corrected chi connectivity index (χ1v) is 9.87. The van der Waals surface area contributed by atoms with Crippen molar-refractivity contribution in [2.45, 2.75) is 26.7 Å². The van der Waals surface area contributed by atoms with Crippen LogP contribution in [0.3, 0.4) is 0 Å². The Morgan fingerprint density at radius 2 is 2.24 bits per heavy atom. The van der Waals surface area contributed by atoms with E-state index < -0.39 is 0 Å². The van der Waals surface area contributed by atoms with Gasteiger partial charge in [-0.2, -0.15) is 0 Å². The van der Waals surface area contributed by atoms with Crippen LogP contribution in [-0.4, -0.2) is 56.6 Å². The van der Waals surface area contributed by atoms with Gasteiger partial charge in [-0.15, -0.1) is 5.10 Å². The molecule has 6 nitrogen and oxygen atoms in total. The molecule has 1 fully saturated rings. The van der Waals surface area contributed by atoms with Crippen LogP contribution >= 0.6 is 23.8 Å². The van der Waals surface area contributed by atoms with Gasteiger partial charge < -0.3 is 15.1 Å². The fourth-order valence-corrected chi connectivity index (χ4v) is 4.04. The number of anilines is 1. The summed E-state index contributed by atoms with van der Waals surface area (Å²) in [6.45, 7) is 7.14. The van der Waals surface area contributed by atoms with Gasteiger partial charge in [0.2, 0.25) is 5.91 Å². The summed E-state index contributed by atoms with van der Waals surface area (Å²) in [6.07, 6.45) is 1.92. The maximum absolute atomic E-state index is 12.6. The standard InChI is InChI=1S/C17H23N5OS2/c1-3-21(4-2)16(23)12-6-5-9-22(11-12)17(24)18-13-7-8-15-14(10-13)19-20-25-15/h7-8,10,12H,3-6,9,11H2,1-2H3,(H,18,24). The van der Waals surface area contributed by atoms with Gasteiger partial charge in [0, 0.05) is 31.9 Å². The molecule has 3 rings (SSSR count). The maximum atomic E-state index is 12.6. The van der Waals surface area contributed by atoms with Crippen LogP contribution in [0.5, 0.6) is 0 Å². The minimum Gasteiger partial charge on any atom is -0.348 e. The average Bonchev–Trinajstić information content (AvgIpc) is 3.10. The summed E-state index contributed by atoms with van der Waals surface area (Å²) in [5.74, 6) is 0.270. The minimum absolute atomic E-state index is 0.0265. The van der Waals surface area contributed by atoms with E-state index in [1.807, 2.05) is 36.9 Å². The normalized spacial score (nSPS) is 17.5. The van der Waals surface area contributed by atoms with Gasteiger partial charge >= 0.3 is 0 Å². The summed E-state index contributed by atoms with van der Waals surface area (Å²) in [5, 5.41) is 8.04. The van der Waals surface area contributed by atoms with Crippen molar-refractivity contribution in [1.82, 2.24) is 19.4 Å². The van der Waals surface area contributed by atoms with Gasteiger partial charge in [0.25, 0.3) is 0 Å². The van der Waals surface area contributed by atoms with Crippen molar-refractivity contribution in [2.24, 2.45) is 5.92 Å². The molecule has 1 unspecified atom stereocenters. The molecule has 0 saturated carbocycles. The number of aromatic nitrogens is 2. The number of thiocarbonyl (C=S) groups is 1. The SMILES string of the molecule is CCN(CC)C(=O)C1CCCN(C(=S)Nc2ccc3snnc3c2)C1. The molecule has 8 heteroatoms. The van der Waals surface area contributed by atoms with Crippen LogP contribution in [0.2, 0.25) is 0 Å². The first-order chi connectivity index (χ1) is 12.1. The van der Waals surface area contributed by atoms with Crippen molar-refractivity contribution >= 4 is 50.7 Å². The fourth-order valence-electron chi connectivity index (χ4n) is 3.22. The third kappa shape index (κ3) is 4.07. The highest BCUT2D eigenvalue weighted by molar-refractivity contribution is 7.80. The number of fused-ring (bicyclic) bond motifs is 1. The lowest BCUT2D eigenvalue weighted by Crippen LogP contribution is -2.47. The first-order valence-electron chi connectivity index (χ1n) is 8.69. The largest absolute Gasteiger partial charge is 0.348 e. The lowest BCUT2D eigenvalue weighted by molar-refractivity contribution is -0.136. The highest BCUT2D eigenvalue weighted by Crippen LogP contribution is 2.22. The van der Waals surface area contributed by atoms with Crippen LogP contribution in [0.1, 0.15) is 26.7 Å². The average molecular weight is 378 g/mol. The topological polar surface area (TPSA) is 61.4 Å². The molecule has 1 aromatic heterocycles. The molecule has 25 heavy (non-hydrogen) atoms. The molecule has 2 heterocycles. The zero-order valence-corrected chi connectivity index (χ0v) is 16.2. The number of carbonyl (C=O) groups excluding carboxylic acids is 1. The maximum Gasteiger partial charge on any atom is 0.227 e. The van der Waals surface area contributed by atoms with E-state index in [2.05, 4.69) is 19.8 Å². The van der Waals surface area contributed by atoms with Gasteiger partial charge in [0.1, 0.15) is 5.52 Å². The molecule has 1 atom stereocenters. The molecule has 1 aliphatic rings. The number of piperidine rings is 1. The number of amides is 1. The van der Waals surface area contributed by atoms with Crippen LogP contribution in [0.25, 0.3) is 10.2 Å². The highest BCUT2D eigenvalue weighted by atomic mass is 32.1. The molecule has 0 bridgehead atoms. The quantitative estimate of drug-likeness (QED) is 0.827. The fraction of sp³-hybridized carbons (Fsp3) is 0.529. The van der Waals surface area contributed by atoms with Crippen molar-refractivity contribution in [3.63, 3.8) is 0 Å². The second-order valence-electron chi connectivity index (χ2n) is 6.18. The zero-order valence-electron chi connectivity index (χ0n) is 14.6. The Hall–Kier alpha value is -1.80. The van der Waals surface area contributed by atoms with E-state index in [0.717, 1.165) is 48.4 Å². The van der Waals surface area contributed by atoms with Crippen molar-refractivity contribution < 1.29 is 4.79 Å². The molecular weight excluding hydrogens is 354 g/mol. The third-order valence-electron chi connectivity index (χ3n) is 4.63. The molecule has 0 radical (unpaired) electrons. The molecular formula is C17H23N5OS2. The van der Waals surface area contributed by atoms with E-state index in [4.69, 9.17) is 12.2 Å². The number of nitrogens with zero attached hydrogens (tertiary/aromatic N) is 4. The van der Waals surface area contributed by atoms with Crippen LogP contribution in [0, 0.1) is 5.92 Å². The Labute approximate surface area is 157 Å². The minimum atomic E-state index is 0.0265. The third-order valence-corrected chi connectivity index (χ3v) is 5.70. The molecule has 1 amide bonds. The van der Waals surface area contributed by atoms with Gasteiger partial charge in [-0.1, -0.05) is 4.49 Å². The summed E-state index contributed by atoms with van der Waals surface area (Å²) in [5.41, 5.74) is 1.77. The molecule has 134 valence electrons. The van der Waals surface area contributed by atoms with Gasteiger partial charge in [0.05, 0.1) is 10.6 Å². The van der Waals surface area contributed by atoms with E-state index in [-0.39, 0.29) is 11.8 Å². The Morgan fingerprint density at radius 1 is 1.44 bits per heavy atom. The van der Waals surface area contributed by atoms with Crippen LogP contribution in [0.15, 0.2) is 18.2 Å². The van der Waals surface area contributed by atoms with Crippen LogP contribution in [0.4, 0.5) is 5.69 Å². The van der Waals surface area contributed by atoms with Crippen molar-refractivity contribution in [1.29, 1.82) is 0 Å². The second-order valence-corrected chi connectivity index (χ2v) is 7.35. The molecule has 1 N–H and O–H groups in total. The monoisotopic (exact) mass is 377 g/mol. The van der Waals surface area contributed by atoms with Crippen molar-refractivity contribution in [3.05, 3.63) is 18.2 Å². The Kier molecular flexibility index (Phi) is 5.80. The number of rotatable bonds is 4. The lowest BCUT2D eigenvalue weighted by atomic mass is 9.96. The Morgan fingerprint density at radius 3 is 3.00 bits per heavy atom. The van der Waals surface area contributed by atoms with Crippen molar-refractivity contribution in [3.8, 4) is 0 Å². The van der Waals surface area contributed by atoms with Gasteiger partial charge in [-0.05, 0) is 68.6 Å². The summed E-state index contributed by atoms with van der Waals surface area (Å²) in [6, 6.07) is 5.93. The van der Waals surface area contributed by atoms with E-state index >= 15 is 0 Å². The predicted octanol–water partition coefficient (Wildman–Crippen LogP) is 2.97. The number of benzene rings is 1. The molecule has 0 spiro atoms. The molecule has 1 saturated heterocycles. The summed E-state index contributed by atoms with van der Waals surface area (Å²) >= 11 is 6.96. The summed E-state index contributed by atoms with van der Waals surface area (Å²) in [4.78, 5) is 16.6. The summed E-state index contributed by atoms with van der Waals surface area (Å²) < 4.78 is 5.01. The van der Waals surface area contributed by atoms with E-state index in [9.17, 15) is 4.79 Å². The van der Waals surface area contributed by atoms with Gasteiger partial charge in [0.15, 0.2) is 5.11 Å². The zero-order chi connectivity index (χ0) is 17.8. The number of carbonyl (C=O) groups is 1. The highest BCUT2D eigenvalue weighted by Gasteiger charge is 2.29. The van der Waals surface area contributed by atoms with E-state index in [1.54, 1.807) is 0 Å². The van der Waals surface area contributed by atoms with E-state index in [1.165, 1.54) is 11.5 Å². The van der Waals surface area contributed by atoms with E-state index in [0.29, 0.717) is 11.7 Å². The van der Waals surface area contributed by atoms with Crippen molar-refractivity contribution in [2.75, 3.05) is 31.5 Å². The Bertz CT molecular complexity index is 758. The van der Waals surface area contributed by atoms with Crippen LogP contribution < -0.4 is 5.32 Å².